The predicted molar refractivity (Wildman–Crippen MR) is 86.4 cm³/mol. The summed E-state index contributed by atoms with van der Waals surface area (Å²) in [7, 11) is 0. The Hall–Kier alpha value is -2.57. The number of hydrogen-bond acceptors (Lipinski definition) is 5. The summed E-state index contributed by atoms with van der Waals surface area (Å²) in [5.41, 5.74) is 5.68. The SMILES string of the molecule is CCCCC(NC(=N)N)C(=O)Oc1ccc(C(=O)OCC)cc1. The van der Waals surface area contributed by atoms with Gasteiger partial charge in [0.15, 0.2) is 5.96 Å². The Labute approximate surface area is 135 Å². The largest absolute Gasteiger partial charge is 0.462 e. The lowest BCUT2D eigenvalue weighted by Gasteiger charge is -2.17. The summed E-state index contributed by atoms with van der Waals surface area (Å²) >= 11 is 0. The first-order chi connectivity index (χ1) is 11.0. The van der Waals surface area contributed by atoms with Crippen LogP contribution < -0.4 is 15.8 Å². The van der Waals surface area contributed by atoms with Crippen molar-refractivity contribution < 1.29 is 19.1 Å². The van der Waals surface area contributed by atoms with E-state index in [1.807, 2.05) is 6.92 Å². The van der Waals surface area contributed by atoms with E-state index in [-0.39, 0.29) is 5.96 Å². The number of carbonyl (C=O) groups is 2. The van der Waals surface area contributed by atoms with Crippen molar-refractivity contribution in [3.8, 4) is 5.75 Å². The van der Waals surface area contributed by atoms with Crippen LogP contribution in [0.2, 0.25) is 0 Å². The minimum absolute atomic E-state index is 0.277. The van der Waals surface area contributed by atoms with Gasteiger partial charge in [-0.05, 0) is 37.6 Å². The second-order valence-electron chi connectivity index (χ2n) is 4.92. The van der Waals surface area contributed by atoms with Crippen molar-refractivity contribution in [2.24, 2.45) is 5.73 Å². The highest BCUT2D eigenvalue weighted by molar-refractivity contribution is 5.89. The molecule has 7 nitrogen and oxygen atoms in total. The van der Waals surface area contributed by atoms with Gasteiger partial charge in [-0.15, -0.1) is 0 Å². The highest BCUT2D eigenvalue weighted by Crippen LogP contribution is 2.14. The molecule has 0 aromatic heterocycles. The predicted octanol–water partition coefficient (Wildman–Crippen LogP) is 1.81. The van der Waals surface area contributed by atoms with Gasteiger partial charge in [-0.3, -0.25) is 5.41 Å². The molecule has 0 fully saturated rings. The Bertz CT molecular complexity index is 543. The lowest BCUT2D eigenvalue weighted by atomic mass is 10.1. The first kappa shape index (κ1) is 18.5. The third-order valence-corrected chi connectivity index (χ3v) is 3.04. The molecule has 1 unspecified atom stereocenters. The van der Waals surface area contributed by atoms with Crippen molar-refractivity contribution in [2.45, 2.75) is 39.2 Å². The Morgan fingerprint density at radius 3 is 2.43 bits per heavy atom. The number of hydrogen-bond donors (Lipinski definition) is 3. The molecule has 1 atom stereocenters. The van der Waals surface area contributed by atoms with Gasteiger partial charge in [0.05, 0.1) is 12.2 Å². The molecule has 0 saturated heterocycles. The summed E-state index contributed by atoms with van der Waals surface area (Å²) in [5.74, 6) is -0.905. The summed E-state index contributed by atoms with van der Waals surface area (Å²) in [6.45, 7) is 4.03. The molecule has 1 aromatic carbocycles. The van der Waals surface area contributed by atoms with Crippen LogP contribution in [-0.4, -0.2) is 30.5 Å². The molecule has 126 valence electrons. The molecule has 0 aliphatic heterocycles. The number of ether oxygens (including phenoxy) is 2. The van der Waals surface area contributed by atoms with Crippen LogP contribution in [0.1, 0.15) is 43.5 Å². The van der Waals surface area contributed by atoms with E-state index in [1.165, 1.54) is 24.3 Å². The van der Waals surface area contributed by atoms with Gasteiger partial charge in [0, 0.05) is 0 Å². The molecule has 0 saturated carbocycles. The van der Waals surface area contributed by atoms with Gasteiger partial charge >= 0.3 is 11.9 Å². The van der Waals surface area contributed by atoms with E-state index in [1.54, 1.807) is 6.92 Å². The average Bonchev–Trinajstić information content (AvgIpc) is 2.52. The average molecular weight is 321 g/mol. The zero-order chi connectivity index (χ0) is 17.2. The maximum Gasteiger partial charge on any atom is 0.338 e. The van der Waals surface area contributed by atoms with Crippen LogP contribution in [0.25, 0.3) is 0 Å². The van der Waals surface area contributed by atoms with Gasteiger partial charge in [0.1, 0.15) is 11.8 Å². The lowest BCUT2D eigenvalue weighted by molar-refractivity contribution is -0.136. The number of rotatable bonds is 8. The summed E-state index contributed by atoms with van der Waals surface area (Å²) in [6, 6.07) is 5.43. The molecule has 0 heterocycles. The summed E-state index contributed by atoms with van der Waals surface area (Å²) < 4.78 is 10.1. The number of unbranched alkanes of at least 4 members (excludes halogenated alkanes) is 1. The highest BCUT2D eigenvalue weighted by Gasteiger charge is 2.20. The summed E-state index contributed by atoms with van der Waals surface area (Å²) in [4.78, 5) is 23.7. The van der Waals surface area contributed by atoms with Crippen molar-refractivity contribution in [2.75, 3.05) is 6.61 Å². The van der Waals surface area contributed by atoms with Crippen LogP contribution in [-0.2, 0) is 9.53 Å². The van der Waals surface area contributed by atoms with Crippen LogP contribution in [0, 0.1) is 5.41 Å². The zero-order valence-corrected chi connectivity index (χ0v) is 13.4. The number of esters is 2. The van der Waals surface area contributed by atoms with E-state index < -0.39 is 18.0 Å². The van der Waals surface area contributed by atoms with Crippen LogP contribution in [0.3, 0.4) is 0 Å². The van der Waals surface area contributed by atoms with E-state index in [2.05, 4.69) is 5.32 Å². The first-order valence-electron chi connectivity index (χ1n) is 7.57. The van der Waals surface area contributed by atoms with Crippen molar-refractivity contribution in [3.05, 3.63) is 29.8 Å². The first-order valence-corrected chi connectivity index (χ1v) is 7.57. The fourth-order valence-electron chi connectivity index (χ4n) is 1.91. The summed E-state index contributed by atoms with van der Waals surface area (Å²) in [6.07, 6.45) is 2.25. The quantitative estimate of drug-likeness (QED) is 0.291. The van der Waals surface area contributed by atoms with Crippen LogP contribution in [0.4, 0.5) is 0 Å². The standard InChI is InChI=1S/C16H23N3O4/c1-3-5-6-13(19-16(17)18)15(21)23-12-9-7-11(8-10-12)14(20)22-4-2/h7-10,13H,3-6H2,1-2H3,(H4,17,18,19). The molecule has 0 amide bonds. The van der Waals surface area contributed by atoms with E-state index in [0.29, 0.717) is 24.3 Å². The van der Waals surface area contributed by atoms with Crippen molar-refractivity contribution in [3.63, 3.8) is 0 Å². The van der Waals surface area contributed by atoms with E-state index >= 15 is 0 Å². The lowest BCUT2D eigenvalue weighted by Crippen LogP contribution is -2.45. The fraction of sp³-hybridized carbons (Fsp3) is 0.438. The third kappa shape index (κ3) is 6.37. The maximum absolute atomic E-state index is 12.1. The van der Waals surface area contributed by atoms with Gasteiger partial charge in [-0.25, -0.2) is 9.59 Å². The fourth-order valence-corrected chi connectivity index (χ4v) is 1.91. The van der Waals surface area contributed by atoms with Gasteiger partial charge < -0.3 is 20.5 Å². The number of nitrogens with two attached hydrogens (primary N) is 1. The van der Waals surface area contributed by atoms with Crippen LogP contribution in [0.15, 0.2) is 24.3 Å². The number of carbonyl (C=O) groups excluding carboxylic acids is 2. The molecule has 7 heteroatoms. The Balaban J connectivity index is 2.70. The molecule has 0 bridgehead atoms. The zero-order valence-electron chi connectivity index (χ0n) is 13.4. The molecule has 4 N–H and O–H groups in total. The second kappa shape index (κ2) is 9.45. The molecule has 0 aliphatic carbocycles. The second-order valence-corrected chi connectivity index (χ2v) is 4.92. The molecule has 0 radical (unpaired) electrons. The maximum atomic E-state index is 12.1. The molecular formula is C16H23N3O4. The molecule has 1 rings (SSSR count). The third-order valence-electron chi connectivity index (χ3n) is 3.04. The normalized spacial score (nSPS) is 11.4. The molecule has 0 spiro atoms. The number of guanidine groups is 1. The molecule has 1 aromatic rings. The van der Waals surface area contributed by atoms with Crippen molar-refractivity contribution in [1.29, 1.82) is 5.41 Å². The minimum Gasteiger partial charge on any atom is -0.462 e. The smallest absolute Gasteiger partial charge is 0.338 e. The van der Waals surface area contributed by atoms with Crippen molar-refractivity contribution >= 4 is 17.9 Å². The summed E-state index contributed by atoms with van der Waals surface area (Å²) in [5, 5.41) is 9.85. The van der Waals surface area contributed by atoms with Crippen LogP contribution >= 0.6 is 0 Å². The van der Waals surface area contributed by atoms with Gasteiger partial charge in [0.2, 0.25) is 0 Å². The van der Waals surface area contributed by atoms with Gasteiger partial charge in [-0.2, -0.15) is 0 Å². The molecule has 0 aliphatic rings. The van der Waals surface area contributed by atoms with Crippen LogP contribution in [0.5, 0.6) is 5.75 Å². The monoisotopic (exact) mass is 321 g/mol. The van der Waals surface area contributed by atoms with E-state index in [0.717, 1.165) is 12.8 Å². The highest BCUT2D eigenvalue weighted by atomic mass is 16.5. The van der Waals surface area contributed by atoms with E-state index in [4.69, 9.17) is 20.6 Å². The van der Waals surface area contributed by atoms with Gasteiger partial charge in [0.25, 0.3) is 0 Å². The number of nitrogens with one attached hydrogen (secondary N) is 2. The Morgan fingerprint density at radius 2 is 1.91 bits per heavy atom. The topological polar surface area (TPSA) is 115 Å². The van der Waals surface area contributed by atoms with Gasteiger partial charge in [-0.1, -0.05) is 19.8 Å². The molecule has 23 heavy (non-hydrogen) atoms. The molecular weight excluding hydrogens is 298 g/mol. The Kier molecular flexibility index (Phi) is 7.59. The van der Waals surface area contributed by atoms with Crippen molar-refractivity contribution in [1.82, 2.24) is 5.32 Å². The van der Waals surface area contributed by atoms with E-state index in [9.17, 15) is 9.59 Å². The Morgan fingerprint density at radius 1 is 1.26 bits per heavy atom. The minimum atomic E-state index is -0.669. The number of benzene rings is 1.